The summed E-state index contributed by atoms with van der Waals surface area (Å²) >= 11 is 1.84. The zero-order valence-corrected chi connectivity index (χ0v) is 36.3. The third-order valence-electron chi connectivity index (χ3n) is 13.0. The average molecular weight is 836 g/mol. The Hall–Kier alpha value is -7.79. The Morgan fingerprint density at radius 2 is 0.781 bits per heavy atom. The minimum atomic E-state index is -0.0807. The van der Waals surface area contributed by atoms with Crippen LogP contribution in [-0.2, 0) is 5.41 Å². The van der Waals surface area contributed by atoms with Gasteiger partial charge in [-0.3, -0.25) is 0 Å². The van der Waals surface area contributed by atoms with Crippen LogP contribution in [0.5, 0.6) is 0 Å². The summed E-state index contributed by atoms with van der Waals surface area (Å²) in [5, 5.41) is 2.52. The number of rotatable bonds is 7. The molecule has 0 saturated heterocycles. The highest BCUT2D eigenvalue weighted by Crippen LogP contribution is 2.50. The van der Waals surface area contributed by atoms with Crippen LogP contribution in [0.1, 0.15) is 25.0 Å². The van der Waals surface area contributed by atoms with Crippen molar-refractivity contribution in [2.75, 3.05) is 0 Å². The molecule has 0 saturated carbocycles. The molecule has 64 heavy (non-hydrogen) atoms. The van der Waals surface area contributed by atoms with Crippen molar-refractivity contribution in [3.63, 3.8) is 0 Å². The molecule has 4 heteroatoms. The summed E-state index contributed by atoms with van der Waals surface area (Å²) in [5.74, 6) is 1.92. The highest BCUT2D eigenvalue weighted by Gasteiger charge is 2.35. The van der Waals surface area contributed by atoms with E-state index in [0.29, 0.717) is 17.5 Å². The number of fused-ring (bicyclic) bond motifs is 6. The topological polar surface area (TPSA) is 38.7 Å². The van der Waals surface area contributed by atoms with E-state index in [1.807, 2.05) is 29.5 Å². The molecule has 0 aliphatic heterocycles. The fourth-order valence-electron chi connectivity index (χ4n) is 9.63. The van der Waals surface area contributed by atoms with Gasteiger partial charge >= 0.3 is 0 Å². The van der Waals surface area contributed by atoms with Gasteiger partial charge in [0, 0.05) is 42.3 Å². The van der Waals surface area contributed by atoms with Gasteiger partial charge in [-0.25, -0.2) is 15.0 Å². The van der Waals surface area contributed by atoms with Gasteiger partial charge in [-0.15, -0.1) is 11.3 Å². The van der Waals surface area contributed by atoms with Gasteiger partial charge in [0.1, 0.15) is 0 Å². The van der Waals surface area contributed by atoms with Crippen molar-refractivity contribution in [2.24, 2.45) is 0 Å². The van der Waals surface area contributed by atoms with Crippen LogP contribution in [-0.4, -0.2) is 15.0 Å². The summed E-state index contributed by atoms with van der Waals surface area (Å²) in [6.45, 7) is 4.66. The average Bonchev–Trinajstić information content (AvgIpc) is 3.85. The van der Waals surface area contributed by atoms with Crippen LogP contribution in [0.4, 0.5) is 0 Å². The monoisotopic (exact) mass is 835 g/mol. The second kappa shape index (κ2) is 15.2. The highest BCUT2D eigenvalue weighted by atomic mass is 32.1. The molecular formula is C60H41N3S. The molecule has 0 fully saturated rings. The standard InChI is InChI=1S/C60H41N3S/c1-60(2)52-24-10-9-22-49(52)50-32-30-44(37-53(50)60)42-18-11-20-46(34-42)58-61-57(41-16-7-4-8-17-41)62-59(63-58)47-21-12-19-45(35-47)48-23-13-25-55-56(48)51-36-43(31-33-54(51)64-55)40-28-26-39(27-29-40)38-14-5-3-6-15-38/h3-37H,1-2H3. The molecule has 0 atom stereocenters. The van der Waals surface area contributed by atoms with E-state index in [0.717, 1.165) is 27.8 Å². The minimum absolute atomic E-state index is 0.0807. The smallest absolute Gasteiger partial charge is 0.164 e. The van der Waals surface area contributed by atoms with Crippen molar-refractivity contribution in [1.82, 2.24) is 15.0 Å². The van der Waals surface area contributed by atoms with Gasteiger partial charge in [-0.1, -0.05) is 190 Å². The van der Waals surface area contributed by atoms with E-state index in [4.69, 9.17) is 15.0 Å². The second-order valence-electron chi connectivity index (χ2n) is 17.2. The minimum Gasteiger partial charge on any atom is -0.208 e. The fraction of sp³-hybridized carbons (Fsp3) is 0.0500. The molecule has 12 rings (SSSR count). The van der Waals surface area contributed by atoms with Crippen LogP contribution < -0.4 is 0 Å². The first-order chi connectivity index (χ1) is 31.4. The first-order valence-corrected chi connectivity index (χ1v) is 22.6. The number of nitrogens with zero attached hydrogens (tertiary/aromatic N) is 3. The van der Waals surface area contributed by atoms with Crippen LogP contribution in [0.15, 0.2) is 212 Å². The van der Waals surface area contributed by atoms with Crippen molar-refractivity contribution in [1.29, 1.82) is 0 Å². The van der Waals surface area contributed by atoms with Crippen LogP contribution in [0.3, 0.4) is 0 Å². The zero-order chi connectivity index (χ0) is 42.8. The van der Waals surface area contributed by atoms with E-state index < -0.39 is 0 Å². The second-order valence-corrected chi connectivity index (χ2v) is 18.3. The van der Waals surface area contributed by atoms with Crippen molar-refractivity contribution >= 4 is 31.5 Å². The van der Waals surface area contributed by atoms with Crippen LogP contribution in [0.2, 0.25) is 0 Å². The molecule has 1 aliphatic rings. The molecule has 2 aromatic heterocycles. The summed E-state index contributed by atoms with van der Waals surface area (Å²) in [6, 6.07) is 76.2. The normalized spacial score (nSPS) is 12.7. The lowest BCUT2D eigenvalue weighted by atomic mass is 9.81. The van der Waals surface area contributed by atoms with Crippen molar-refractivity contribution in [3.05, 3.63) is 223 Å². The largest absolute Gasteiger partial charge is 0.208 e. The number of benzene rings is 9. The van der Waals surface area contributed by atoms with Gasteiger partial charge in [-0.2, -0.15) is 0 Å². The first-order valence-electron chi connectivity index (χ1n) is 21.8. The summed E-state index contributed by atoms with van der Waals surface area (Å²) < 4.78 is 2.54. The van der Waals surface area contributed by atoms with Crippen LogP contribution >= 0.6 is 11.3 Å². The van der Waals surface area contributed by atoms with Gasteiger partial charge < -0.3 is 0 Å². The molecule has 0 unspecified atom stereocenters. The van der Waals surface area contributed by atoms with Gasteiger partial charge in [-0.05, 0) is 103 Å². The van der Waals surface area contributed by atoms with E-state index in [2.05, 4.69) is 208 Å². The van der Waals surface area contributed by atoms with Crippen LogP contribution in [0.25, 0.3) is 110 Å². The van der Waals surface area contributed by atoms with Gasteiger partial charge in [0.05, 0.1) is 0 Å². The number of aromatic nitrogens is 3. The number of hydrogen-bond donors (Lipinski definition) is 0. The van der Waals surface area contributed by atoms with E-state index in [1.165, 1.54) is 75.8 Å². The van der Waals surface area contributed by atoms with Crippen molar-refractivity contribution in [3.8, 4) is 89.8 Å². The Labute approximate surface area is 377 Å². The molecule has 302 valence electrons. The first kappa shape index (κ1) is 37.9. The lowest BCUT2D eigenvalue weighted by Gasteiger charge is -2.22. The maximum atomic E-state index is 5.23. The van der Waals surface area contributed by atoms with Gasteiger partial charge in [0.25, 0.3) is 0 Å². The summed E-state index contributed by atoms with van der Waals surface area (Å²) in [7, 11) is 0. The molecule has 1 aliphatic carbocycles. The van der Waals surface area contributed by atoms with E-state index >= 15 is 0 Å². The maximum Gasteiger partial charge on any atom is 0.164 e. The maximum absolute atomic E-state index is 5.23. The third kappa shape index (κ3) is 6.54. The summed E-state index contributed by atoms with van der Waals surface area (Å²) in [4.78, 5) is 15.5. The molecule has 0 N–H and O–H groups in total. The summed E-state index contributed by atoms with van der Waals surface area (Å²) in [6.07, 6.45) is 0. The molecule has 2 heterocycles. The van der Waals surface area contributed by atoms with Crippen molar-refractivity contribution < 1.29 is 0 Å². The van der Waals surface area contributed by atoms with Crippen molar-refractivity contribution in [2.45, 2.75) is 19.3 Å². The molecule has 0 bridgehead atoms. The lowest BCUT2D eigenvalue weighted by Crippen LogP contribution is -2.14. The fourth-order valence-corrected chi connectivity index (χ4v) is 10.7. The molecular weight excluding hydrogens is 795 g/mol. The predicted molar refractivity (Wildman–Crippen MR) is 268 cm³/mol. The van der Waals surface area contributed by atoms with E-state index in [-0.39, 0.29) is 5.41 Å². The number of thiophene rings is 1. The number of hydrogen-bond acceptors (Lipinski definition) is 4. The van der Waals surface area contributed by atoms with Gasteiger partial charge in [0.15, 0.2) is 17.5 Å². The Kier molecular flexibility index (Phi) is 9.03. The molecule has 9 aromatic carbocycles. The quantitative estimate of drug-likeness (QED) is 0.161. The Morgan fingerprint density at radius 1 is 0.312 bits per heavy atom. The molecule has 0 spiro atoms. The van der Waals surface area contributed by atoms with E-state index in [1.54, 1.807) is 0 Å². The molecule has 0 radical (unpaired) electrons. The lowest BCUT2D eigenvalue weighted by molar-refractivity contribution is 0.660. The molecule has 0 amide bonds. The Balaban J connectivity index is 0.933. The Bertz CT molecular complexity index is 3570. The van der Waals surface area contributed by atoms with Crippen LogP contribution in [0, 0.1) is 0 Å². The SMILES string of the molecule is CC1(C)c2ccccc2-c2ccc(-c3cccc(-c4nc(-c5ccccc5)nc(-c5cccc(-c6cccc7sc8ccc(-c9ccc(-c%10ccccc%10)cc9)cc8c67)c5)n4)c3)cc21. The van der Waals surface area contributed by atoms with E-state index in [9.17, 15) is 0 Å². The molecule has 3 nitrogen and oxygen atoms in total. The predicted octanol–water partition coefficient (Wildman–Crippen LogP) is 16.2. The third-order valence-corrected chi connectivity index (χ3v) is 14.1. The summed E-state index contributed by atoms with van der Waals surface area (Å²) in [5.41, 5.74) is 17.6. The van der Waals surface area contributed by atoms with Gasteiger partial charge in [0.2, 0.25) is 0 Å². The molecule has 11 aromatic rings. The highest BCUT2D eigenvalue weighted by molar-refractivity contribution is 7.26. The Morgan fingerprint density at radius 3 is 1.52 bits per heavy atom. The zero-order valence-electron chi connectivity index (χ0n) is 35.5.